The Balaban J connectivity index is 3.15. The largest absolute Gasteiger partial charge is 0.496 e. The van der Waals surface area contributed by atoms with Gasteiger partial charge >= 0.3 is 0 Å². The topological polar surface area (TPSA) is 26.3 Å². The van der Waals surface area contributed by atoms with E-state index in [4.69, 9.17) is 4.74 Å². The van der Waals surface area contributed by atoms with Crippen LogP contribution in [0.5, 0.6) is 5.75 Å². The average Bonchev–Trinajstić information content (AvgIpc) is 2.21. The van der Waals surface area contributed by atoms with Crippen LogP contribution in [0.2, 0.25) is 0 Å². The van der Waals surface area contributed by atoms with E-state index in [1.807, 2.05) is 26.0 Å². The zero-order valence-electron chi connectivity index (χ0n) is 9.26. The van der Waals surface area contributed by atoms with Gasteiger partial charge in [0.25, 0.3) is 0 Å². The van der Waals surface area contributed by atoms with E-state index in [1.165, 1.54) is 0 Å². The average molecular weight is 271 g/mol. The van der Waals surface area contributed by atoms with Crippen molar-refractivity contribution >= 4 is 21.7 Å². The third-order valence-electron chi connectivity index (χ3n) is 2.26. The minimum absolute atomic E-state index is 0.134. The Hall–Kier alpha value is -0.830. The molecule has 1 rings (SSSR count). The normalized spacial score (nSPS) is 10.1. The Labute approximate surface area is 98.8 Å². The first-order valence-corrected chi connectivity index (χ1v) is 5.76. The molecule has 2 nitrogen and oxygen atoms in total. The molecule has 0 heterocycles. The number of halogens is 1. The van der Waals surface area contributed by atoms with Crippen molar-refractivity contribution in [1.82, 2.24) is 0 Å². The first kappa shape index (κ1) is 12.2. The maximum absolute atomic E-state index is 11.8. The number of hydrogen-bond acceptors (Lipinski definition) is 2. The molecule has 3 heteroatoms. The Morgan fingerprint density at radius 2 is 2.13 bits per heavy atom. The highest BCUT2D eigenvalue weighted by molar-refractivity contribution is 9.10. The number of carbonyl (C=O) groups is 1. The van der Waals surface area contributed by atoms with Gasteiger partial charge in [-0.1, -0.05) is 22.9 Å². The Morgan fingerprint density at radius 3 is 2.67 bits per heavy atom. The Kier molecular flexibility index (Phi) is 4.33. The number of aryl methyl sites for hydroxylation is 1. The lowest BCUT2D eigenvalue weighted by Crippen LogP contribution is -2.02. The van der Waals surface area contributed by atoms with Crippen LogP contribution in [0.4, 0.5) is 0 Å². The van der Waals surface area contributed by atoms with Crippen LogP contribution in [0.3, 0.4) is 0 Å². The van der Waals surface area contributed by atoms with Gasteiger partial charge in [0.15, 0.2) is 5.78 Å². The van der Waals surface area contributed by atoms with E-state index in [1.54, 1.807) is 7.11 Å². The van der Waals surface area contributed by atoms with Crippen LogP contribution in [0.15, 0.2) is 16.6 Å². The van der Waals surface area contributed by atoms with E-state index >= 15 is 0 Å². The van der Waals surface area contributed by atoms with E-state index in [0.717, 1.165) is 16.5 Å². The Bertz CT molecular complexity index is 372. The predicted octanol–water partition coefficient (Wildman–Crippen LogP) is 3.75. The summed E-state index contributed by atoms with van der Waals surface area (Å²) < 4.78 is 6.15. The van der Waals surface area contributed by atoms with E-state index in [0.29, 0.717) is 17.7 Å². The molecule has 1 aromatic carbocycles. The molecule has 0 aliphatic rings. The highest BCUT2D eigenvalue weighted by Crippen LogP contribution is 2.28. The van der Waals surface area contributed by atoms with Crippen LogP contribution in [0.25, 0.3) is 0 Å². The summed E-state index contributed by atoms with van der Waals surface area (Å²) in [5.74, 6) is 0.796. The number of hydrogen-bond donors (Lipinski definition) is 0. The van der Waals surface area contributed by atoms with Crippen molar-refractivity contribution in [2.75, 3.05) is 7.11 Å². The highest BCUT2D eigenvalue weighted by atomic mass is 79.9. The summed E-state index contributed by atoms with van der Waals surface area (Å²) >= 11 is 3.42. The molecule has 0 amide bonds. The molecule has 1 aromatic rings. The highest BCUT2D eigenvalue weighted by Gasteiger charge is 2.13. The van der Waals surface area contributed by atoms with Crippen LogP contribution < -0.4 is 4.74 Å². The van der Waals surface area contributed by atoms with Crippen LogP contribution in [-0.4, -0.2) is 12.9 Å². The predicted molar refractivity (Wildman–Crippen MR) is 64.7 cm³/mol. The van der Waals surface area contributed by atoms with Gasteiger partial charge in [0.1, 0.15) is 5.75 Å². The van der Waals surface area contributed by atoms with Crippen molar-refractivity contribution in [3.05, 3.63) is 27.7 Å². The van der Waals surface area contributed by atoms with Crippen molar-refractivity contribution in [1.29, 1.82) is 0 Å². The summed E-state index contributed by atoms with van der Waals surface area (Å²) in [6.45, 7) is 3.97. The molecule has 0 aromatic heterocycles. The fraction of sp³-hybridized carbons (Fsp3) is 0.417. The van der Waals surface area contributed by atoms with Gasteiger partial charge in [-0.2, -0.15) is 0 Å². The first-order chi connectivity index (χ1) is 7.10. The molecule has 0 saturated carbocycles. The second-order valence-electron chi connectivity index (χ2n) is 3.47. The molecule has 0 aliphatic carbocycles. The monoisotopic (exact) mass is 270 g/mol. The third-order valence-corrected chi connectivity index (χ3v) is 3.11. The number of ketones is 1. The van der Waals surface area contributed by atoms with Crippen molar-refractivity contribution in [3.8, 4) is 5.75 Å². The number of ether oxygens (including phenoxy) is 1. The molecule has 82 valence electrons. The standard InChI is InChI=1S/C12H15BrO2/c1-4-5-11(14)9-7-10(13)8(2)6-12(9)15-3/h6-7H,4-5H2,1-3H3. The second kappa shape index (κ2) is 5.31. The lowest BCUT2D eigenvalue weighted by Gasteiger charge is -2.09. The van der Waals surface area contributed by atoms with Gasteiger partial charge in [0.2, 0.25) is 0 Å². The van der Waals surface area contributed by atoms with Crippen molar-refractivity contribution in [3.63, 3.8) is 0 Å². The lowest BCUT2D eigenvalue weighted by atomic mass is 10.0. The third kappa shape index (κ3) is 2.81. The van der Waals surface area contributed by atoms with Gasteiger partial charge in [-0.15, -0.1) is 0 Å². The number of Topliss-reactive ketones (excluding diaryl/α,β-unsaturated/α-hetero) is 1. The van der Waals surface area contributed by atoms with E-state index < -0.39 is 0 Å². The fourth-order valence-electron chi connectivity index (χ4n) is 1.40. The zero-order chi connectivity index (χ0) is 11.4. The van der Waals surface area contributed by atoms with Crippen molar-refractivity contribution in [2.45, 2.75) is 26.7 Å². The van der Waals surface area contributed by atoms with Gasteiger partial charge < -0.3 is 4.74 Å². The molecule has 0 spiro atoms. The molecule has 0 atom stereocenters. The van der Waals surface area contributed by atoms with Crippen LogP contribution in [-0.2, 0) is 0 Å². The number of carbonyl (C=O) groups excluding carboxylic acids is 1. The molecule has 0 aliphatic heterocycles. The molecule has 0 fully saturated rings. The molecule has 0 N–H and O–H groups in total. The van der Waals surface area contributed by atoms with Crippen molar-refractivity contribution in [2.24, 2.45) is 0 Å². The van der Waals surface area contributed by atoms with E-state index in [-0.39, 0.29) is 5.78 Å². The van der Waals surface area contributed by atoms with E-state index in [9.17, 15) is 4.79 Å². The minimum Gasteiger partial charge on any atom is -0.496 e. The van der Waals surface area contributed by atoms with Gasteiger partial charge in [-0.05, 0) is 31.0 Å². The summed E-state index contributed by atoms with van der Waals surface area (Å²) in [6, 6.07) is 3.72. The van der Waals surface area contributed by atoms with E-state index in [2.05, 4.69) is 15.9 Å². The summed E-state index contributed by atoms with van der Waals surface area (Å²) in [5.41, 5.74) is 1.73. The molecule has 0 unspecified atom stereocenters. The number of rotatable bonds is 4. The molecular formula is C12H15BrO2. The molecule has 0 radical (unpaired) electrons. The van der Waals surface area contributed by atoms with Gasteiger partial charge in [-0.25, -0.2) is 0 Å². The molecule has 0 saturated heterocycles. The van der Waals surface area contributed by atoms with Gasteiger partial charge in [0.05, 0.1) is 12.7 Å². The van der Waals surface area contributed by atoms with Gasteiger partial charge in [0, 0.05) is 10.9 Å². The summed E-state index contributed by atoms with van der Waals surface area (Å²) in [5, 5.41) is 0. The number of benzene rings is 1. The van der Waals surface area contributed by atoms with Crippen LogP contribution >= 0.6 is 15.9 Å². The lowest BCUT2D eigenvalue weighted by molar-refractivity contribution is 0.0978. The number of methoxy groups -OCH3 is 1. The first-order valence-electron chi connectivity index (χ1n) is 4.97. The zero-order valence-corrected chi connectivity index (χ0v) is 10.8. The SMILES string of the molecule is CCCC(=O)c1cc(Br)c(C)cc1OC. The summed E-state index contributed by atoms with van der Waals surface area (Å²) in [7, 11) is 1.59. The maximum atomic E-state index is 11.8. The fourth-order valence-corrected chi connectivity index (χ4v) is 1.75. The maximum Gasteiger partial charge on any atom is 0.166 e. The van der Waals surface area contributed by atoms with Crippen LogP contribution in [0, 0.1) is 6.92 Å². The minimum atomic E-state index is 0.134. The molecule has 15 heavy (non-hydrogen) atoms. The van der Waals surface area contributed by atoms with Crippen LogP contribution in [0.1, 0.15) is 35.7 Å². The smallest absolute Gasteiger partial charge is 0.166 e. The summed E-state index contributed by atoms with van der Waals surface area (Å²) in [4.78, 5) is 11.8. The molecular weight excluding hydrogens is 256 g/mol. The Morgan fingerprint density at radius 1 is 1.47 bits per heavy atom. The molecule has 0 bridgehead atoms. The second-order valence-corrected chi connectivity index (χ2v) is 4.33. The quantitative estimate of drug-likeness (QED) is 0.779. The van der Waals surface area contributed by atoms with Crippen molar-refractivity contribution < 1.29 is 9.53 Å². The summed E-state index contributed by atoms with van der Waals surface area (Å²) in [6.07, 6.45) is 1.42. The van der Waals surface area contributed by atoms with Gasteiger partial charge in [-0.3, -0.25) is 4.79 Å².